The zero-order valence-electron chi connectivity index (χ0n) is 11.8. The number of primary sulfonamides is 1. The average Bonchev–Trinajstić information content (AvgIpc) is 2.37. The molecule has 0 heterocycles. The van der Waals surface area contributed by atoms with Crippen LogP contribution in [0, 0.1) is 0 Å². The van der Waals surface area contributed by atoms with E-state index in [4.69, 9.17) is 9.88 Å². The zero-order chi connectivity index (χ0) is 16.0. The number of carbonyl (C=O) groups is 1. The molecule has 0 bridgehead atoms. The van der Waals surface area contributed by atoms with Gasteiger partial charge in [-0.2, -0.15) is 0 Å². The summed E-state index contributed by atoms with van der Waals surface area (Å²) < 4.78 is 39.2. The van der Waals surface area contributed by atoms with Crippen LogP contribution < -0.4 is 15.2 Å². The van der Waals surface area contributed by atoms with Crippen molar-refractivity contribution in [1.29, 1.82) is 0 Å². The fourth-order valence-electron chi connectivity index (χ4n) is 1.56. The first-order chi connectivity index (χ1) is 9.75. The highest BCUT2D eigenvalue weighted by Crippen LogP contribution is 2.24. The average molecular weight is 334 g/mol. The van der Waals surface area contributed by atoms with Crippen molar-refractivity contribution in [3.05, 3.63) is 23.8 Å². The molecule has 3 N–H and O–H groups in total. The summed E-state index contributed by atoms with van der Waals surface area (Å²) in [5.74, 6) is -0.0373. The second-order valence-electron chi connectivity index (χ2n) is 4.17. The molecule has 0 saturated carbocycles. The minimum Gasteiger partial charge on any atom is -0.492 e. The van der Waals surface area contributed by atoms with Crippen molar-refractivity contribution in [2.24, 2.45) is 5.14 Å². The largest absolute Gasteiger partial charge is 0.492 e. The van der Waals surface area contributed by atoms with Gasteiger partial charge >= 0.3 is 0 Å². The molecule has 0 aromatic heterocycles. The third-order valence-corrected chi connectivity index (χ3v) is 4.20. The highest BCUT2D eigenvalue weighted by atomic mass is 32.2. The van der Waals surface area contributed by atoms with Crippen LogP contribution in [0.25, 0.3) is 0 Å². The molecular formula is C12H18N2O5S2. The number of hydrogen-bond acceptors (Lipinski definition) is 5. The summed E-state index contributed by atoms with van der Waals surface area (Å²) in [7, 11) is -5.01. The summed E-state index contributed by atoms with van der Waals surface area (Å²) in [5, 5.41) is 7.67. The van der Waals surface area contributed by atoms with Crippen molar-refractivity contribution < 1.29 is 22.2 Å². The molecule has 0 saturated heterocycles. The highest BCUT2D eigenvalue weighted by Gasteiger charge is 2.18. The Balaban J connectivity index is 2.99. The van der Waals surface area contributed by atoms with Gasteiger partial charge in [-0.15, -0.1) is 0 Å². The Morgan fingerprint density at radius 2 is 2.10 bits per heavy atom. The smallest absolute Gasteiger partial charge is 0.251 e. The number of amides is 1. The summed E-state index contributed by atoms with van der Waals surface area (Å²) in [6.07, 6.45) is 1.53. The van der Waals surface area contributed by atoms with Gasteiger partial charge in [-0.3, -0.25) is 9.00 Å². The monoisotopic (exact) mass is 334 g/mol. The van der Waals surface area contributed by atoms with Gasteiger partial charge in [0.1, 0.15) is 10.6 Å². The van der Waals surface area contributed by atoms with E-state index >= 15 is 0 Å². The quantitative estimate of drug-likeness (QED) is 0.719. The molecule has 118 valence electrons. The summed E-state index contributed by atoms with van der Waals surface area (Å²) in [5.41, 5.74) is 0.143. The zero-order valence-corrected chi connectivity index (χ0v) is 13.4. The number of carbonyl (C=O) groups excluding carboxylic acids is 1. The summed E-state index contributed by atoms with van der Waals surface area (Å²) in [4.78, 5) is 11.6. The lowest BCUT2D eigenvalue weighted by atomic mass is 10.2. The van der Waals surface area contributed by atoms with Gasteiger partial charge < -0.3 is 10.1 Å². The first kappa shape index (κ1) is 17.6. The summed E-state index contributed by atoms with van der Waals surface area (Å²) >= 11 is 0. The Bertz CT molecular complexity index is 643. The van der Waals surface area contributed by atoms with Gasteiger partial charge in [0.25, 0.3) is 5.91 Å². The third-order valence-electron chi connectivity index (χ3n) is 2.49. The van der Waals surface area contributed by atoms with Gasteiger partial charge in [-0.05, 0) is 25.1 Å². The molecule has 0 aliphatic carbocycles. The number of nitrogens with one attached hydrogen (secondary N) is 1. The maximum Gasteiger partial charge on any atom is 0.251 e. The van der Waals surface area contributed by atoms with Crippen LogP contribution in [-0.2, 0) is 20.8 Å². The third kappa shape index (κ3) is 5.44. The number of sulfonamides is 1. The molecule has 0 radical (unpaired) electrons. The first-order valence-corrected chi connectivity index (χ1v) is 9.41. The molecule has 0 spiro atoms. The molecule has 7 nitrogen and oxygen atoms in total. The Morgan fingerprint density at radius 1 is 1.43 bits per heavy atom. The molecule has 0 fully saturated rings. The topological polar surface area (TPSA) is 116 Å². The molecule has 0 aliphatic rings. The lowest BCUT2D eigenvalue weighted by Crippen LogP contribution is -2.28. The van der Waals surface area contributed by atoms with Gasteiger partial charge in [0, 0.05) is 34.9 Å². The van der Waals surface area contributed by atoms with Crippen molar-refractivity contribution in [1.82, 2.24) is 5.32 Å². The highest BCUT2D eigenvalue weighted by molar-refractivity contribution is 7.89. The summed E-state index contributed by atoms with van der Waals surface area (Å²) in [6, 6.07) is 3.99. The molecule has 0 aliphatic heterocycles. The maximum atomic E-state index is 11.9. The molecule has 1 aromatic carbocycles. The maximum absolute atomic E-state index is 11.9. The van der Waals surface area contributed by atoms with Gasteiger partial charge in [-0.1, -0.05) is 0 Å². The predicted octanol–water partition coefficient (Wildman–Crippen LogP) is -0.159. The van der Waals surface area contributed by atoms with E-state index in [9.17, 15) is 17.4 Å². The van der Waals surface area contributed by atoms with Gasteiger partial charge in [0.05, 0.1) is 6.61 Å². The summed E-state index contributed by atoms with van der Waals surface area (Å²) in [6.45, 7) is 2.22. The van der Waals surface area contributed by atoms with Gasteiger partial charge in [0.2, 0.25) is 10.0 Å². The van der Waals surface area contributed by atoms with Crippen LogP contribution in [-0.4, -0.2) is 43.7 Å². The molecule has 21 heavy (non-hydrogen) atoms. The van der Waals surface area contributed by atoms with Crippen molar-refractivity contribution in [2.75, 3.05) is 25.2 Å². The van der Waals surface area contributed by atoms with E-state index in [-0.39, 0.29) is 29.4 Å². The van der Waals surface area contributed by atoms with Crippen LogP contribution in [0.15, 0.2) is 23.1 Å². The van der Waals surface area contributed by atoms with Crippen molar-refractivity contribution in [2.45, 2.75) is 11.8 Å². The van der Waals surface area contributed by atoms with E-state index in [0.717, 1.165) is 0 Å². The van der Waals surface area contributed by atoms with Gasteiger partial charge in [0.15, 0.2) is 0 Å². The molecule has 1 rings (SSSR count). The molecule has 9 heteroatoms. The van der Waals surface area contributed by atoms with Crippen molar-refractivity contribution >= 4 is 26.7 Å². The van der Waals surface area contributed by atoms with E-state index in [1.165, 1.54) is 24.5 Å². The molecule has 1 aromatic rings. The van der Waals surface area contributed by atoms with E-state index in [1.807, 2.05) is 0 Å². The van der Waals surface area contributed by atoms with Crippen molar-refractivity contribution in [3.63, 3.8) is 0 Å². The fraction of sp³-hybridized carbons (Fsp3) is 0.417. The van der Waals surface area contributed by atoms with E-state index < -0.39 is 26.7 Å². The number of ether oxygens (including phenoxy) is 1. The standard InChI is InChI=1S/C12H18N2O5S2/c1-3-19-10-5-4-9(8-11(10)21(13,17)18)12(15)14-6-7-20(2)16/h4-5,8H,3,6-7H2,1-2H3,(H,14,15)(H2,13,17,18). The Kier molecular flexibility index (Phi) is 6.31. The van der Waals surface area contributed by atoms with Crippen LogP contribution >= 0.6 is 0 Å². The number of hydrogen-bond donors (Lipinski definition) is 2. The van der Waals surface area contributed by atoms with Crippen LogP contribution in [0.1, 0.15) is 17.3 Å². The Labute approximate surface area is 126 Å². The molecule has 1 atom stereocenters. The number of rotatable bonds is 7. The van der Waals surface area contributed by atoms with Crippen LogP contribution in [0.4, 0.5) is 0 Å². The van der Waals surface area contributed by atoms with Crippen molar-refractivity contribution in [3.8, 4) is 5.75 Å². The minimum absolute atomic E-state index is 0.103. The minimum atomic E-state index is -4.00. The van der Waals surface area contributed by atoms with E-state index in [1.54, 1.807) is 6.92 Å². The van der Waals surface area contributed by atoms with Crippen LogP contribution in [0.5, 0.6) is 5.75 Å². The lowest BCUT2D eigenvalue weighted by molar-refractivity contribution is 0.0956. The molecule has 1 amide bonds. The van der Waals surface area contributed by atoms with Crippen LogP contribution in [0.3, 0.4) is 0 Å². The first-order valence-electron chi connectivity index (χ1n) is 6.13. The Hall–Kier alpha value is -1.45. The predicted molar refractivity (Wildman–Crippen MR) is 80.3 cm³/mol. The molecule has 1 unspecified atom stereocenters. The number of nitrogens with two attached hydrogens (primary N) is 1. The number of benzene rings is 1. The van der Waals surface area contributed by atoms with Gasteiger partial charge in [-0.25, -0.2) is 13.6 Å². The second kappa shape index (κ2) is 7.53. The Morgan fingerprint density at radius 3 is 2.62 bits per heavy atom. The fourth-order valence-corrected chi connectivity index (χ4v) is 2.64. The second-order valence-corrected chi connectivity index (χ2v) is 7.26. The SMILES string of the molecule is CCOc1ccc(C(=O)NCCS(C)=O)cc1S(N)(=O)=O. The normalized spacial score (nSPS) is 12.7. The molecular weight excluding hydrogens is 316 g/mol. The van der Waals surface area contributed by atoms with E-state index in [2.05, 4.69) is 5.32 Å². The van der Waals surface area contributed by atoms with Crippen LogP contribution in [0.2, 0.25) is 0 Å². The van der Waals surface area contributed by atoms with E-state index in [0.29, 0.717) is 5.75 Å². The lowest BCUT2D eigenvalue weighted by Gasteiger charge is -2.10.